The third kappa shape index (κ3) is 3.93. The summed E-state index contributed by atoms with van der Waals surface area (Å²) in [5, 5.41) is 10.7. The number of nitrogens with zero attached hydrogens (tertiary/aromatic N) is 1. The van der Waals surface area contributed by atoms with Crippen molar-refractivity contribution in [2.24, 2.45) is 0 Å². The lowest BCUT2D eigenvalue weighted by Gasteiger charge is -2.30. The van der Waals surface area contributed by atoms with Crippen LogP contribution in [0.4, 0.5) is 0 Å². The number of carbonyl (C=O) groups excluding carboxylic acids is 1. The van der Waals surface area contributed by atoms with E-state index >= 15 is 0 Å². The Morgan fingerprint density at radius 3 is 1.83 bits per heavy atom. The first kappa shape index (κ1) is 19.0. The number of hydrogen-bond donors (Lipinski definition) is 1. The van der Waals surface area contributed by atoms with Gasteiger partial charge in [0, 0.05) is 5.56 Å². The van der Waals surface area contributed by atoms with Crippen molar-refractivity contribution in [2.45, 2.75) is 25.2 Å². The first-order valence-electron chi connectivity index (χ1n) is 9.69. The summed E-state index contributed by atoms with van der Waals surface area (Å²) < 4.78 is 5.98. The Morgan fingerprint density at radius 1 is 0.828 bits per heavy atom. The maximum Gasteiger partial charge on any atom is 0.260 e. The lowest BCUT2D eigenvalue weighted by atomic mass is 9.96. The molecule has 1 heterocycles. The maximum atomic E-state index is 13.3. The molecular formula is C25H23NO3. The van der Waals surface area contributed by atoms with E-state index in [1.165, 1.54) is 0 Å². The molecule has 0 spiro atoms. The molecule has 0 saturated carbocycles. The third-order valence-electron chi connectivity index (χ3n) is 5.09. The van der Waals surface area contributed by atoms with Crippen LogP contribution in [0.3, 0.4) is 0 Å². The van der Waals surface area contributed by atoms with Gasteiger partial charge in [0.05, 0.1) is 12.2 Å². The average Bonchev–Trinajstić information content (AvgIpc) is 2.88. The minimum Gasteiger partial charge on any atom is -0.485 e. The zero-order valence-electron chi connectivity index (χ0n) is 16.2. The topological polar surface area (TPSA) is 49.8 Å². The highest BCUT2D eigenvalue weighted by molar-refractivity contribution is 5.85. The van der Waals surface area contributed by atoms with Crippen LogP contribution in [0.25, 0.3) is 5.76 Å². The molecule has 1 aliphatic rings. The van der Waals surface area contributed by atoms with Gasteiger partial charge in [0.15, 0.2) is 6.10 Å². The zero-order valence-corrected chi connectivity index (χ0v) is 16.2. The van der Waals surface area contributed by atoms with E-state index in [1.54, 1.807) is 18.0 Å². The maximum absolute atomic E-state index is 13.3. The van der Waals surface area contributed by atoms with Gasteiger partial charge < -0.3 is 14.7 Å². The van der Waals surface area contributed by atoms with E-state index in [-0.39, 0.29) is 11.9 Å². The van der Waals surface area contributed by atoms with Crippen LogP contribution >= 0.6 is 0 Å². The first-order valence-corrected chi connectivity index (χ1v) is 9.69. The predicted molar refractivity (Wildman–Crippen MR) is 113 cm³/mol. The first-order chi connectivity index (χ1) is 14.1. The average molecular weight is 385 g/mol. The van der Waals surface area contributed by atoms with E-state index in [0.29, 0.717) is 5.76 Å². The summed E-state index contributed by atoms with van der Waals surface area (Å²) in [4.78, 5) is 14.9. The van der Waals surface area contributed by atoms with Crippen molar-refractivity contribution >= 4 is 11.7 Å². The normalized spacial score (nSPS) is 19.5. The van der Waals surface area contributed by atoms with E-state index in [4.69, 9.17) is 4.74 Å². The van der Waals surface area contributed by atoms with Crippen molar-refractivity contribution in [1.82, 2.24) is 4.90 Å². The van der Waals surface area contributed by atoms with Gasteiger partial charge in [-0.05, 0) is 18.1 Å². The largest absolute Gasteiger partial charge is 0.485 e. The molecule has 4 heteroatoms. The number of aliphatic hydroxyl groups is 1. The molecule has 0 saturated heterocycles. The quantitative estimate of drug-likeness (QED) is 0.725. The minimum absolute atomic E-state index is 0.382. The molecule has 3 aromatic carbocycles. The van der Waals surface area contributed by atoms with Crippen LogP contribution in [0.15, 0.2) is 97.2 Å². The number of benzene rings is 3. The Hall–Kier alpha value is -3.37. The summed E-state index contributed by atoms with van der Waals surface area (Å²) in [5.41, 5.74) is 2.76. The number of amides is 1. The van der Waals surface area contributed by atoms with Crippen molar-refractivity contribution in [3.8, 4) is 0 Å². The van der Waals surface area contributed by atoms with Crippen molar-refractivity contribution in [2.75, 3.05) is 0 Å². The van der Waals surface area contributed by atoms with Gasteiger partial charge in [-0.3, -0.25) is 4.79 Å². The fourth-order valence-corrected chi connectivity index (χ4v) is 3.57. The molecule has 1 amide bonds. The molecule has 0 aromatic heterocycles. The Bertz CT molecular complexity index is 947. The number of aliphatic hydroxyl groups excluding tert-OH is 1. The molecule has 3 aromatic rings. The lowest BCUT2D eigenvalue weighted by Crippen LogP contribution is -2.42. The number of hydrogen-bond acceptors (Lipinski definition) is 3. The van der Waals surface area contributed by atoms with Crippen LogP contribution in [0.1, 0.15) is 29.7 Å². The van der Waals surface area contributed by atoms with E-state index in [1.807, 2.05) is 91.0 Å². The van der Waals surface area contributed by atoms with Gasteiger partial charge in [0.1, 0.15) is 11.9 Å². The molecular weight excluding hydrogens is 362 g/mol. The van der Waals surface area contributed by atoms with Gasteiger partial charge in [-0.2, -0.15) is 0 Å². The summed E-state index contributed by atoms with van der Waals surface area (Å²) >= 11 is 0. The van der Waals surface area contributed by atoms with Gasteiger partial charge in [0.2, 0.25) is 0 Å². The number of carbonyl (C=O) groups is 1. The SMILES string of the molecule is C[C@H]1OC(c2ccccc2)=CN(C(c2ccccc2)c2ccccc2)C(=O)[C@@H]1O. The molecule has 0 radical (unpaired) electrons. The minimum atomic E-state index is -1.26. The molecule has 1 aliphatic heterocycles. The van der Waals surface area contributed by atoms with Crippen LogP contribution in [0.5, 0.6) is 0 Å². The second kappa shape index (κ2) is 8.33. The fourth-order valence-electron chi connectivity index (χ4n) is 3.57. The molecule has 2 atom stereocenters. The second-order valence-electron chi connectivity index (χ2n) is 7.10. The second-order valence-corrected chi connectivity index (χ2v) is 7.10. The van der Waals surface area contributed by atoms with Gasteiger partial charge in [-0.1, -0.05) is 91.0 Å². The van der Waals surface area contributed by atoms with E-state index in [2.05, 4.69) is 0 Å². The van der Waals surface area contributed by atoms with Crippen LogP contribution in [-0.4, -0.2) is 28.1 Å². The summed E-state index contributed by atoms with van der Waals surface area (Å²) in [6, 6.07) is 28.9. The fraction of sp³-hybridized carbons (Fsp3) is 0.160. The van der Waals surface area contributed by atoms with E-state index < -0.39 is 12.2 Å². The predicted octanol–water partition coefficient (Wildman–Crippen LogP) is 4.38. The van der Waals surface area contributed by atoms with Crippen LogP contribution in [-0.2, 0) is 9.53 Å². The summed E-state index contributed by atoms with van der Waals surface area (Å²) in [7, 11) is 0. The number of ether oxygens (including phenoxy) is 1. The molecule has 0 aliphatic carbocycles. The summed E-state index contributed by atoms with van der Waals surface area (Å²) in [6.07, 6.45) is -0.205. The van der Waals surface area contributed by atoms with Crippen molar-refractivity contribution in [1.29, 1.82) is 0 Å². The highest BCUT2D eigenvalue weighted by Crippen LogP contribution is 2.34. The molecule has 0 unspecified atom stereocenters. The van der Waals surface area contributed by atoms with Crippen molar-refractivity contribution in [3.63, 3.8) is 0 Å². The van der Waals surface area contributed by atoms with Crippen LogP contribution in [0.2, 0.25) is 0 Å². The molecule has 29 heavy (non-hydrogen) atoms. The van der Waals surface area contributed by atoms with Gasteiger partial charge >= 0.3 is 0 Å². The monoisotopic (exact) mass is 385 g/mol. The summed E-state index contributed by atoms with van der Waals surface area (Å²) in [5.74, 6) is 0.168. The molecule has 146 valence electrons. The molecule has 0 fully saturated rings. The standard InChI is InChI=1S/C25H23NO3/c1-18-24(27)25(28)26(17-22(29-18)19-11-5-2-6-12-19)23(20-13-7-3-8-14-20)21-15-9-4-10-16-21/h2-18,23-24,27H,1H3/t18-,24-/m1/s1. The van der Waals surface area contributed by atoms with Gasteiger partial charge in [0.25, 0.3) is 5.91 Å². The Kier molecular flexibility index (Phi) is 5.45. The zero-order chi connectivity index (χ0) is 20.2. The van der Waals surface area contributed by atoms with E-state index in [9.17, 15) is 9.90 Å². The smallest absolute Gasteiger partial charge is 0.260 e. The highest BCUT2D eigenvalue weighted by atomic mass is 16.5. The van der Waals surface area contributed by atoms with Crippen LogP contribution in [0, 0.1) is 0 Å². The molecule has 4 rings (SSSR count). The Morgan fingerprint density at radius 2 is 1.31 bits per heavy atom. The third-order valence-corrected chi connectivity index (χ3v) is 5.09. The van der Waals surface area contributed by atoms with E-state index in [0.717, 1.165) is 16.7 Å². The molecule has 1 N–H and O–H groups in total. The summed E-state index contributed by atoms with van der Waals surface area (Å²) in [6.45, 7) is 1.71. The molecule has 0 bridgehead atoms. The molecule has 4 nitrogen and oxygen atoms in total. The Balaban J connectivity index is 1.87. The Labute approximate surface area is 170 Å². The van der Waals surface area contributed by atoms with Crippen molar-refractivity contribution < 1.29 is 14.6 Å². The van der Waals surface area contributed by atoms with Gasteiger partial charge in [-0.15, -0.1) is 0 Å². The van der Waals surface area contributed by atoms with Gasteiger partial charge in [-0.25, -0.2) is 0 Å². The van der Waals surface area contributed by atoms with Crippen LogP contribution < -0.4 is 0 Å². The highest BCUT2D eigenvalue weighted by Gasteiger charge is 2.36. The van der Waals surface area contributed by atoms with Crippen molar-refractivity contribution in [3.05, 3.63) is 114 Å². The number of rotatable bonds is 4. The lowest BCUT2D eigenvalue weighted by molar-refractivity contribution is -0.142.